The van der Waals surface area contributed by atoms with Gasteiger partial charge in [0.15, 0.2) is 5.78 Å². The van der Waals surface area contributed by atoms with Gasteiger partial charge in [0.25, 0.3) is 0 Å². The van der Waals surface area contributed by atoms with Crippen molar-refractivity contribution in [2.75, 3.05) is 0 Å². The molecule has 4 heterocycles. The van der Waals surface area contributed by atoms with Crippen molar-refractivity contribution >= 4 is 27.6 Å². The smallest absolute Gasteiger partial charge is 0.168 e. The Morgan fingerprint density at radius 2 is 1.83 bits per heavy atom. The van der Waals surface area contributed by atoms with Crippen LogP contribution in [0.15, 0.2) is 61.4 Å². The van der Waals surface area contributed by atoms with E-state index >= 15 is 0 Å². The lowest BCUT2D eigenvalue weighted by molar-refractivity contribution is 0.0992. The molecule has 0 aliphatic rings. The first-order valence-electron chi connectivity index (χ1n) is 9.25. The Balaban J connectivity index is 1.45. The second-order valence-electron chi connectivity index (χ2n) is 7.15. The molecule has 0 amide bonds. The van der Waals surface area contributed by atoms with Gasteiger partial charge in [0.05, 0.1) is 35.7 Å². The molecule has 0 radical (unpaired) electrons. The van der Waals surface area contributed by atoms with E-state index in [1.165, 1.54) is 0 Å². The fourth-order valence-corrected chi connectivity index (χ4v) is 3.47. The Hall–Kier alpha value is -3.87. The van der Waals surface area contributed by atoms with E-state index in [9.17, 15) is 4.79 Å². The Labute approximate surface area is 166 Å². The third kappa shape index (κ3) is 3.16. The molecule has 1 aromatic carbocycles. The van der Waals surface area contributed by atoms with Crippen LogP contribution < -0.4 is 0 Å². The lowest BCUT2D eigenvalue weighted by Gasteiger charge is -2.05. The lowest BCUT2D eigenvalue weighted by Crippen LogP contribution is -2.05. The normalized spacial score (nSPS) is 11.4. The van der Waals surface area contributed by atoms with Gasteiger partial charge in [-0.25, -0.2) is 4.98 Å². The summed E-state index contributed by atoms with van der Waals surface area (Å²) in [6.45, 7) is 0. The van der Waals surface area contributed by atoms with Crippen molar-refractivity contribution in [1.29, 1.82) is 0 Å². The molecule has 5 rings (SSSR count). The van der Waals surface area contributed by atoms with E-state index in [2.05, 4.69) is 20.1 Å². The van der Waals surface area contributed by atoms with E-state index in [0.717, 1.165) is 38.8 Å². The van der Waals surface area contributed by atoms with E-state index in [-0.39, 0.29) is 12.2 Å². The van der Waals surface area contributed by atoms with Crippen molar-refractivity contribution in [3.63, 3.8) is 0 Å². The third-order valence-electron chi connectivity index (χ3n) is 5.05. The summed E-state index contributed by atoms with van der Waals surface area (Å²) in [7, 11) is 3.81. The van der Waals surface area contributed by atoms with Crippen molar-refractivity contribution in [3.8, 4) is 11.3 Å². The van der Waals surface area contributed by atoms with Crippen LogP contribution in [0.3, 0.4) is 0 Å². The second kappa shape index (κ2) is 6.63. The number of nitrogens with zero attached hydrogens (tertiary/aromatic N) is 6. The first kappa shape index (κ1) is 17.2. The summed E-state index contributed by atoms with van der Waals surface area (Å²) in [6.07, 6.45) is 9.25. The van der Waals surface area contributed by atoms with Gasteiger partial charge in [0.2, 0.25) is 0 Å². The minimum absolute atomic E-state index is 0.0194. The molecule has 0 aliphatic heterocycles. The standard InChI is InChI=1S/C22H18N6O/c1-27-13-25-20-6-14(3-4-21(20)27)22(29)8-18-5-15-7-19(17-11-26-28(2)12-17)24-10-16(15)9-23-18/h3-7,9-13H,8H2,1-2H3. The van der Waals surface area contributed by atoms with Crippen molar-refractivity contribution in [2.45, 2.75) is 6.42 Å². The number of Topliss-reactive ketones (excluding diaryl/α,β-unsaturated/α-hetero) is 1. The average molecular weight is 382 g/mol. The molecule has 4 aromatic heterocycles. The number of carbonyl (C=O) groups excluding carboxylic acids is 1. The molecular weight excluding hydrogens is 364 g/mol. The third-order valence-corrected chi connectivity index (χ3v) is 5.05. The summed E-state index contributed by atoms with van der Waals surface area (Å²) < 4.78 is 3.68. The van der Waals surface area contributed by atoms with Gasteiger partial charge in [0.1, 0.15) is 0 Å². The average Bonchev–Trinajstić information content (AvgIpc) is 3.33. The summed E-state index contributed by atoms with van der Waals surface area (Å²) in [5.74, 6) is 0.0194. The van der Waals surface area contributed by atoms with Crippen LogP contribution >= 0.6 is 0 Å². The Morgan fingerprint density at radius 3 is 2.66 bits per heavy atom. The topological polar surface area (TPSA) is 78.5 Å². The van der Waals surface area contributed by atoms with Gasteiger partial charge in [-0.15, -0.1) is 0 Å². The summed E-state index contributed by atoms with van der Waals surface area (Å²) in [4.78, 5) is 26.1. The number of pyridine rings is 2. The Kier molecular flexibility index (Phi) is 3.94. The number of fused-ring (bicyclic) bond motifs is 2. The van der Waals surface area contributed by atoms with E-state index in [1.54, 1.807) is 29.6 Å². The van der Waals surface area contributed by atoms with Crippen LogP contribution in [0.1, 0.15) is 16.1 Å². The first-order chi connectivity index (χ1) is 14.1. The summed E-state index contributed by atoms with van der Waals surface area (Å²) in [5, 5.41) is 6.13. The van der Waals surface area contributed by atoms with Crippen LogP contribution in [0, 0.1) is 0 Å². The molecule has 0 spiro atoms. The van der Waals surface area contributed by atoms with Gasteiger partial charge in [-0.1, -0.05) is 0 Å². The molecule has 0 aliphatic carbocycles. The predicted octanol–water partition coefficient (Wildman–Crippen LogP) is 3.34. The largest absolute Gasteiger partial charge is 0.334 e. The highest BCUT2D eigenvalue weighted by molar-refractivity contribution is 6.00. The highest BCUT2D eigenvalue weighted by Crippen LogP contribution is 2.22. The molecule has 5 aromatic rings. The number of rotatable bonds is 4. The number of aryl methyl sites for hydroxylation is 2. The fraction of sp³-hybridized carbons (Fsp3) is 0.136. The molecule has 0 N–H and O–H groups in total. The van der Waals surface area contributed by atoms with Crippen LogP contribution in [0.5, 0.6) is 0 Å². The van der Waals surface area contributed by atoms with Crippen molar-refractivity contribution in [2.24, 2.45) is 14.1 Å². The fourth-order valence-electron chi connectivity index (χ4n) is 3.47. The monoisotopic (exact) mass is 382 g/mol. The number of hydrogen-bond donors (Lipinski definition) is 0. The lowest BCUT2D eigenvalue weighted by atomic mass is 10.0. The summed E-state index contributed by atoms with van der Waals surface area (Å²) in [5.41, 5.74) is 4.98. The zero-order chi connectivity index (χ0) is 20.0. The number of hydrogen-bond acceptors (Lipinski definition) is 5. The molecule has 29 heavy (non-hydrogen) atoms. The van der Waals surface area contributed by atoms with Crippen LogP contribution in [0.2, 0.25) is 0 Å². The number of benzene rings is 1. The molecule has 0 fully saturated rings. The second-order valence-corrected chi connectivity index (χ2v) is 7.15. The van der Waals surface area contributed by atoms with E-state index < -0.39 is 0 Å². The number of ketones is 1. The molecule has 0 unspecified atom stereocenters. The van der Waals surface area contributed by atoms with E-state index in [4.69, 9.17) is 0 Å². The van der Waals surface area contributed by atoms with Crippen molar-refractivity contribution < 1.29 is 4.79 Å². The number of carbonyl (C=O) groups is 1. The van der Waals surface area contributed by atoms with Gasteiger partial charge in [0, 0.05) is 54.9 Å². The van der Waals surface area contributed by atoms with Crippen molar-refractivity contribution in [1.82, 2.24) is 29.3 Å². The maximum atomic E-state index is 12.8. The van der Waals surface area contributed by atoms with Gasteiger partial charge in [-0.3, -0.25) is 19.4 Å². The van der Waals surface area contributed by atoms with E-state index in [0.29, 0.717) is 5.56 Å². The predicted molar refractivity (Wildman–Crippen MR) is 110 cm³/mol. The summed E-state index contributed by atoms with van der Waals surface area (Å²) in [6, 6.07) is 9.56. The van der Waals surface area contributed by atoms with Crippen LogP contribution in [0.25, 0.3) is 33.1 Å². The first-order valence-corrected chi connectivity index (χ1v) is 9.25. The molecular formula is C22H18N6O. The minimum Gasteiger partial charge on any atom is -0.334 e. The quantitative estimate of drug-likeness (QED) is 0.446. The summed E-state index contributed by atoms with van der Waals surface area (Å²) >= 11 is 0. The van der Waals surface area contributed by atoms with Crippen LogP contribution in [-0.2, 0) is 20.5 Å². The maximum Gasteiger partial charge on any atom is 0.168 e. The zero-order valence-electron chi connectivity index (χ0n) is 16.1. The number of imidazole rings is 1. The van der Waals surface area contributed by atoms with E-state index in [1.807, 2.05) is 55.2 Å². The number of aromatic nitrogens is 6. The molecule has 7 nitrogen and oxygen atoms in total. The van der Waals surface area contributed by atoms with Gasteiger partial charge in [-0.2, -0.15) is 5.10 Å². The molecule has 0 atom stereocenters. The molecule has 142 valence electrons. The molecule has 0 saturated carbocycles. The zero-order valence-corrected chi connectivity index (χ0v) is 16.1. The SMILES string of the molecule is Cn1cc(-c2cc3cc(CC(=O)c4ccc5c(c4)ncn5C)ncc3cn2)cn1. The Morgan fingerprint density at radius 1 is 0.966 bits per heavy atom. The highest BCUT2D eigenvalue weighted by Gasteiger charge is 2.12. The van der Waals surface area contributed by atoms with Crippen LogP contribution in [-0.4, -0.2) is 35.1 Å². The van der Waals surface area contributed by atoms with Gasteiger partial charge >= 0.3 is 0 Å². The van der Waals surface area contributed by atoms with Crippen LogP contribution in [0.4, 0.5) is 0 Å². The highest BCUT2D eigenvalue weighted by atomic mass is 16.1. The van der Waals surface area contributed by atoms with Gasteiger partial charge in [-0.05, 0) is 35.7 Å². The van der Waals surface area contributed by atoms with Gasteiger partial charge < -0.3 is 4.57 Å². The molecule has 0 bridgehead atoms. The molecule has 7 heteroatoms. The van der Waals surface area contributed by atoms with Crippen molar-refractivity contribution in [3.05, 3.63) is 72.7 Å². The maximum absolute atomic E-state index is 12.8. The molecule has 0 saturated heterocycles. The Bertz CT molecular complexity index is 1380. The minimum atomic E-state index is 0.0194.